The van der Waals surface area contributed by atoms with Crippen LogP contribution in [0.25, 0.3) is 0 Å². The Labute approximate surface area is 108 Å². The summed E-state index contributed by atoms with van der Waals surface area (Å²) in [7, 11) is 0. The minimum Gasteiger partial charge on any atom is -0.399 e. The Morgan fingerprint density at radius 1 is 1.50 bits per heavy atom. The Morgan fingerprint density at radius 2 is 2.22 bits per heavy atom. The second-order valence-corrected chi connectivity index (χ2v) is 5.00. The van der Waals surface area contributed by atoms with Gasteiger partial charge in [0.25, 0.3) is 5.91 Å². The molecular formula is C14H21N3O. The van der Waals surface area contributed by atoms with Crippen LogP contribution in [0.4, 0.5) is 5.69 Å². The molecule has 0 bridgehead atoms. The number of likely N-dealkylation sites (tertiary alicyclic amines) is 1. The van der Waals surface area contributed by atoms with Crippen molar-refractivity contribution in [2.75, 3.05) is 18.8 Å². The third-order valence-corrected chi connectivity index (χ3v) is 3.60. The maximum Gasteiger partial charge on any atom is 0.272 e. The number of nitrogen functional groups attached to an aromatic ring is 1. The molecular weight excluding hydrogens is 226 g/mol. The van der Waals surface area contributed by atoms with E-state index in [1.54, 1.807) is 18.3 Å². The standard InChI is InChI=1S/C14H21N3O/c1-2-3-11-5-8-17(9-6-11)14(18)13-10-12(15)4-7-16-13/h4,7,10-11H,2-3,5-6,8-9H2,1H3,(H2,15,16). The number of hydrogen-bond acceptors (Lipinski definition) is 3. The van der Waals surface area contributed by atoms with Crippen molar-refractivity contribution in [3.05, 3.63) is 24.0 Å². The molecule has 1 saturated heterocycles. The van der Waals surface area contributed by atoms with Crippen molar-refractivity contribution in [3.63, 3.8) is 0 Å². The number of nitrogens with zero attached hydrogens (tertiary/aromatic N) is 2. The smallest absolute Gasteiger partial charge is 0.272 e. The predicted octanol–water partition coefficient (Wildman–Crippen LogP) is 2.32. The maximum absolute atomic E-state index is 12.2. The normalized spacial score (nSPS) is 16.8. The molecule has 98 valence electrons. The van der Waals surface area contributed by atoms with Crippen molar-refractivity contribution in [2.24, 2.45) is 5.92 Å². The highest BCUT2D eigenvalue weighted by Crippen LogP contribution is 2.22. The fourth-order valence-corrected chi connectivity index (χ4v) is 2.56. The molecule has 0 spiro atoms. The van der Waals surface area contributed by atoms with Crippen molar-refractivity contribution in [1.29, 1.82) is 0 Å². The average molecular weight is 247 g/mol. The molecule has 18 heavy (non-hydrogen) atoms. The lowest BCUT2D eigenvalue weighted by Gasteiger charge is -2.31. The number of anilines is 1. The first-order valence-electron chi connectivity index (χ1n) is 6.71. The topological polar surface area (TPSA) is 59.2 Å². The monoisotopic (exact) mass is 247 g/mol. The third-order valence-electron chi connectivity index (χ3n) is 3.60. The van der Waals surface area contributed by atoms with E-state index in [2.05, 4.69) is 11.9 Å². The summed E-state index contributed by atoms with van der Waals surface area (Å²) >= 11 is 0. The minimum atomic E-state index is 0.0113. The number of piperidine rings is 1. The van der Waals surface area contributed by atoms with Gasteiger partial charge in [-0.05, 0) is 30.9 Å². The van der Waals surface area contributed by atoms with Gasteiger partial charge >= 0.3 is 0 Å². The number of hydrogen-bond donors (Lipinski definition) is 1. The lowest BCUT2D eigenvalue weighted by Crippen LogP contribution is -2.38. The lowest BCUT2D eigenvalue weighted by atomic mass is 9.92. The molecule has 0 saturated carbocycles. The molecule has 2 N–H and O–H groups in total. The molecule has 1 aromatic rings. The Morgan fingerprint density at radius 3 is 2.83 bits per heavy atom. The van der Waals surface area contributed by atoms with Crippen molar-refractivity contribution in [2.45, 2.75) is 32.6 Å². The summed E-state index contributed by atoms with van der Waals surface area (Å²) in [6, 6.07) is 3.35. The first-order valence-corrected chi connectivity index (χ1v) is 6.71. The number of pyridine rings is 1. The van der Waals surface area contributed by atoms with Crippen molar-refractivity contribution >= 4 is 11.6 Å². The molecule has 1 aromatic heterocycles. The number of nitrogens with two attached hydrogens (primary N) is 1. The summed E-state index contributed by atoms with van der Waals surface area (Å²) < 4.78 is 0. The van der Waals surface area contributed by atoms with Gasteiger partial charge in [-0.15, -0.1) is 0 Å². The zero-order chi connectivity index (χ0) is 13.0. The van der Waals surface area contributed by atoms with Gasteiger partial charge in [0.15, 0.2) is 0 Å². The Bertz CT molecular complexity index is 411. The third kappa shape index (κ3) is 3.00. The molecule has 4 nitrogen and oxygen atoms in total. The van der Waals surface area contributed by atoms with E-state index in [-0.39, 0.29) is 5.91 Å². The number of aromatic nitrogens is 1. The fraction of sp³-hybridized carbons (Fsp3) is 0.571. The van der Waals surface area contributed by atoms with E-state index in [1.165, 1.54) is 12.8 Å². The second-order valence-electron chi connectivity index (χ2n) is 5.00. The van der Waals surface area contributed by atoms with Crippen LogP contribution in [-0.4, -0.2) is 28.9 Å². The number of rotatable bonds is 3. The van der Waals surface area contributed by atoms with E-state index in [0.717, 1.165) is 31.8 Å². The van der Waals surface area contributed by atoms with Crippen molar-refractivity contribution in [3.8, 4) is 0 Å². The van der Waals surface area contributed by atoms with Crippen LogP contribution in [0.1, 0.15) is 43.1 Å². The van der Waals surface area contributed by atoms with Gasteiger partial charge in [0.1, 0.15) is 5.69 Å². The molecule has 1 fully saturated rings. The van der Waals surface area contributed by atoms with E-state index in [0.29, 0.717) is 11.4 Å². The van der Waals surface area contributed by atoms with Gasteiger partial charge < -0.3 is 10.6 Å². The molecule has 1 aliphatic heterocycles. The molecule has 2 heterocycles. The van der Waals surface area contributed by atoms with Crippen LogP contribution >= 0.6 is 0 Å². The molecule has 0 aliphatic carbocycles. The van der Waals surface area contributed by atoms with E-state index in [1.807, 2.05) is 4.90 Å². The van der Waals surface area contributed by atoms with E-state index in [9.17, 15) is 4.79 Å². The molecule has 0 atom stereocenters. The van der Waals surface area contributed by atoms with Crippen LogP contribution in [-0.2, 0) is 0 Å². The summed E-state index contributed by atoms with van der Waals surface area (Å²) in [4.78, 5) is 18.2. The first-order chi connectivity index (χ1) is 8.70. The second kappa shape index (κ2) is 5.85. The summed E-state index contributed by atoms with van der Waals surface area (Å²) in [6.45, 7) is 3.91. The fourth-order valence-electron chi connectivity index (χ4n) is 2.56. The maximum atomic E-state index is 12.2. The quantitative estimate of drug-likeness (QED) is 0.891. The van der Waals surface area contributed by atoms with Crippen molar-refractivity contribution < 1.29 is 4.79 Å². The van der Waals surface area contributed by atoms with E-state index >= 15 is 0 Å². The zero-order valence-electron chi connectivity index (χ0n) is 10.9. The highest BCUT2D eigenvalue weighted by Gasteiger charge is 2.23. The summed E-state index contributed by atoms with van der Waals surface area (Å²) in [5, 5.41) is 0. The average Bonchev–Trinajstić information content (AvgIpc) is 2.39. The largest absolute Gasteiger partial charge is 0.399 e. The van der Waals surface area contributed by atoms with Gasteiger partial charge in [-0.3, -0.25) is 9.78 Å². The summed E-state index contributed by atoms with van der Waals surface area (Å²) in [6.07, 6.45) is 6.32. The van der Waals surface area contributed by atoms with Gasteiger partial charge in [0.2, 0.25) is 0 Å². The SMILES string of the molecule is CCCC1CCN(C(=O)c2cc(N)ccn2)CC1. The van der Waals surface area contributed by atoms with Gasteiger partial charge in [-0.1, -0.05) is 19.8 Å². The van der Waals surface area contributed by atoms with E-state index < -0.39 is 0 Å². The van der Waals surface area contributed by atoms with Gasteiger partial charge in [-0.2, -0.15) is 0 Å². The van der Waals surface area contributed by atoms with Crippen LogP contribution in [0.15, 0.2) is 18.3 Å². The molecule has 4 heteroatoms. The van der Waals surface area contributed by atoms with Crippen LogP contribution in [0.3, 0.4) is 0 Å². The van der Waals surface area contributed by atoms with Crippen LogP contribution in [0.2, 0.25) is 0 Å². The van der Waals surface area contributed by atoms with Gasteiger partial charge in [-0.25, -0.2) is 0 Å². The van der Waals surface area contributed by atoms with Crippen LogP contribution in [0, 0.1) is 5.92 Å². The van der Waals surface area contributed by atoms with E-state index in [4.69, 9.17) is 5.73 Å². The molecule has 0 aromatic carbocycles. The number of carbonyl (C=O) groups is 1. The Balaban J connectivity index is 1.95. The first kappa shape index (κ1) is 12.9. The van der Waals surface area contributed by atoms with Gasteiger partial charge in [0, 0.05) is 25.0 Å². The number of carbonyl (C=O) groups excluding carboxylic acids is 1. The minimum absolute atomic E-state index is 0.0113. The predicted molar refractivity (Wildman–Crippen MR) is 72.2 cm³/mol. The molecule has 0 radical (unpaired) electrons. The van der Waals surface area contributed by atoms with Crippen LogP contribution < -0.4 is 5.73 Å². The Kier molecular flexibility index (Phi) is 4.18. The van der Waals surface area contributed by atoms with Crippen molar-refractivity contribution in [1.82, 2.24) is 9.88 Å². The zero-order valence-corrected chi connectivity index (χ0v) is 10.9. The molecule has 1 aliphatic rings. The summed E-state index contributed by atoms with van der Waals surface area (Å²) in [5.74, 6) is 0.796. The highest BCUT2D eigenvalue weighted by molar-refractivity contribution is 5.93. The molecule has 1 amide bonds. The van der Waals surface area contributed by atoms with Gasteiger partial charge in [0.05, 0.1) is 0 Å². The lowest BCUT2D eigenvalue weighted by molar-refractivity contribution is 0.0680. The number of amides is 1. The molecule has 2 rings (SSSR count). The van der Waals surface area contributed by atoms with Crippen LogP contribution in [0.5, 0.6) is 0 Å². The summed E-state index contributed by atoms with van der Waals surface area (Å²) in [5.41, 5.74) is 6.73. The Hall–Kier alpha value is -1.58. The molecule has 0 unspecified atom stereocenters. The highest BCUT2D eigenvalue weighted by atomic mass is 16.2.